The molecule has 116 valence electrons. The zero-order chi connectivity index (χ0) is 15.5. The lowest BCUT2D eigenvalue weighted by molar-refractivity contribution is -0.127. The molecule has 0 unspecified atom stereocenters. The van der Waals surface area contributed by atoms with Crippen molar-refractivity contribution in [3.63, 3.8) is 0 Å². The smallest absolute Gasteiger partial charge is 0.261 e. The fraction of sp³-hybridized carbons (Fsp3) is 0.500. The van der Waals surface area contributed by atoms with E-state index in [0.29, 0.717) is 17.9 Å². The van der Waals surface area contributed by atoms with Crippen LogP contribution in [0.25, 0.3) is 0 Å². The topological polar surface area (TPSA) is 81.7 Å². The van der Waals surface area contributed by atoms with E-state index in [1.54, 1.807) is 31.2 Å². The molecule has 1 aromatic carbocycles. The summed E-state index contributed by atoms with van der Waals surface area (Å²) < 4.78 is 33.5. The second-order valence-corrected chi connectivity index (χ2v) is 7.25. The van der Waals surface area contributed by atoms with Gasteiger partial charge in [0.25, 0.3) is 5.91 Å². The zero-order valence-corrected chi connectivity index (χ0v) is 12.9. The van der Waals surface area contributed by atoms with Gasteiger partial charge in [-0.1, -0.05) is 12.1 Å². The molecule has 1 N–H and O–H groups in total. The lowest BCUT2D eigenvalue weighted by Crippen LogP contribution is -2.43. The molecule has 1 fully saturated rings. The lowest BCUT2D eigenvalue weighted by atomic mass is 10.2. The molecule has 6 nitrogen and oxygen atoms in total. The molecule has 0 bridgehead atoms. The average molecular weight is 313 g/mol. The molecule has 1 aromatic rings. The Morgan fingerprint density at radius 1 is 1.33 bits per heavy atom. The highest BCUT2D eigenvalue weighted by atomic mass is 32.2. The molecular weight excluding hydrogens is 294 g/mol. The van der Waals surface area contributed by atoms with E-state index in [0.717, 1.165) is 0 Å². The third kappa shape index (κ3) is 4.10. The molecule has 1 heterocycles. The Kier molecular flexibility index (Phi) is 4.72. The van der Waals surface area contributed by atoms with Gasteiger partial charge in [-0.05, 0) is 25.5 Å². The van der Waals surface area contributed by atoms with Crippen molar-refractivity contribution in [3.8, 4) is 11.5 Å². The summed E-state index contributed by atoms with van der Waals surface area (Å²) in [5.41, 5.74) is 0. The highest BCUT2D eigenvalue weighted by Gasteiger charge is 2.30. The van der Waals surface area contributed by atoms with Crippen LogP contribution in [0.1, 0.15) is 13.3 Å². The van der Waals surface area contributed by atoms with Crippen LogP contribution in [0.3, 0.4) is 0 Å². The van der Waals surface area contributed by atoms with E-state index < -0.39 is 15.9 Å². The molecule has 21 heavy (non-hydrogen) atoms. The summed E-state index contributed by atoms with van der Waals surface area (Å²) in [5.74, 6) is 0.810. The van der Waals surface area contributed by atoms with Gasteiger partial charge in [0.15, 0.2) is 27.4 Å². The number of benzene rings is 1. The Balaban J connectivity index is 1.94. The van der Waals surface area contributed by atoms with E-state index in [4.69, 9.17) is 9.47 Å². The molecule has 1 aliphatic rings. The molecule has 7 heteroatoms. The number of para-hydroxylation sites is 2. The van der Waals surface area contributed by atoms with E-state index in [1.807, 2.05) is 0 Å². The van der Waals surface area contributed by atoms with Crippen molar-refractivity contribution >= 4 is 15.7 Å². The van der Waals surface area contributed by atoms with Crippen molar-refractivity contribution < 1.29 is 22.7 Å². The normalized spacial score (nSPS) is 21.5. The van der Waals surface area contributed by atoms with Crippen molar-refractivity contribution in [2.75, 3.05) is 18.6 Å². The van der Waals surface area contributed by atoms with Gasteiger partial charge in [-0.25, -0.2) is 8.42 Å². The molecule has 0 spiro atoms. The van der Waals surface area contributed by atoms with Crippen LogP contribution in [0.5, 0.6) is 11.5 Å². The second-order valence-electron chi connectivity index (χ2n) is 5.02. The number of carbonyl (C=O) groups is 1. The number of hydrogen-bond donors (Lipinski definition) is 1. The van der Waals surface area contributed by atoms with Crippen molar-refractivity contribution in [2.45, 2.75) is 25.5 Å². The fourth-order valence-corrected chi connectivity index (χ4v) is 3.86. The minimum Gasteiger partial charge on any atom is -0.493 e. The monoisotopic (exact) mass is 313 g/mol. The summed E-state index contributed by atoms with van der Waals surface area (Å²) in [5, 5.41) is 2.71. The van der Waals surface area contributed by atoms with Crippen LogP contribution in [0.4, 0.5) is 0 Å². The molecule has 1 aliphatic heterocycles. The summed E-state index contributed by atoms with van der Waals surface area (Å²) in [4.78, 5) is 12.0. The number of sulfone groups is 1. The van der Waals surface area contributed by atoms with Crippen LogP contribution in [0.15, 0.2) is 24.3 Å². The molecule has 0 saturated carbocycles. The summed E-state index contributed by atoms with van der Waals surface area (Å²) >= 11 is 0. The molecule has 1 saturated heterocycles. The maximum Gasteiger partial charge on any atom is 0.261 e. The SMILES string of the molecule is COc1ccccc1O[C@H](C)C(=O)N[C@@H]1CCS(=O)(=O)C1. The molecular formula is C14H19NO5S. The first-order chi connectivity index (χ1) is 9.91. The van der Waals surface area contributed by atoms with E-state index in [1.165, 1.54) is 7.11 Å². The number of methoxy groups -OCH3 is 1. The van der Waals surface area contributed by atoms with Crippen molar-refractivity contribution in [1.82, 2.24) is 5.32 Å². The summed E-state index contributed by atoms with van der Waals surface area (Å²) in [7, 11) is -1.49. The van der Waals surface area contributed by atoms with Gasteiger partial charge in [-0.3, -0.25) is 4.79 Å². The Morgan fingerprint density at radius 2 is 2.00 bits per heavy atom. The van der Waals surface area contributed by atoms with Gasteiger partial charge in [0.05, 0.1) is 18.6 Å². The van der Waals surface area contributed by atoms with Crippen LogP contribution in [0.2, 0.25) is 0 Å². The quantitative estimate of drug-likeness (QED) is 0.868. The predicted molar refractivity (Wildman–Crippen MR) is 78.3 cm³/mol. The highest BCUT2D eigenvalue weighted by Crippen LogP contribution is 2.26. The minimum absolute atomic E-state index is 0.000117. The molecule has 0 aromatic heterocycles. The van der Waals surface area contributed by atoms with E-state index >= 15 is 0 Å². The van der Waals surface area contributed by atoms with Crippen molar-refractivity contribution in [2.24, 2.45) is 0 Å². The van der Waals surface area contributed by atoms with Crippen molar-refractivity contribution in [1.29, 1.82) is 0 Å². The van der Waals surface area contributed by atoms with Crippen LogP contribution in [0, 0.1) is 0 Å². The Morgan fingerprint density at radius 3 is 2.57 bits per heavy atom. The average Bonchev–Trinajstić information content (AvgIpc) is 2.78. The van der Waals surface area contributed by atoms with E-state index in [-0.39, 0.29) is 23.5 Å². The molecule has 2 atom stereocenters. The number of ether oxygens (including phenoxy) is 2. The Bertz CT molecular complexity index is 614. The first-order valence-corrected chi connectivity index (χ1v) is 8.54. The van der Waals surface area contributed by atoms with E-state index in [2.05, 4.69) is 5.32 Å². The predicted octanol–water partition coefficient (Wildman–Crippen LogP) is 0.766. The van der Waals surface area contributed by atoms with Gasteiger partial charge in [0.1, 0.15) is 0 Å². The van der Waals surface area contributed by atoms with Gasteiger partial charge < -0.3 is 14.8 Å². The highest BCUT2D eigenvalue weighted by molar-refractivity contribution is 7.91. The largest absolute Gasteiger partial charge is 0.493 e. The second kappa shape index (κ2) is 6.34. The number of nitrogens with one attached hydrogen (secondary N) is 1. The van der Waals surface area contributed by atoms with Gasteiger partial charge >= 0.3 is 0 Å². The zero-order valence-electron chi connectivity index (χ0n) is 12.0. The van der Waals surface area contributed by atoms with Crippen molar-refractivity contribution in [3.05, 3.63) is 24.3 Å². The molecule has 2 rings (SSSR count). The fourth-order valence-electron chi connectivity index (χ4n) is 2.19. The number of rotatable bonds is 5. The molecule has 0 aliphatic carbocycles. The maximum absolute atomic E-state index is 12.0. The molecule has 1 amide bonds. The first-order valence-electron chi connectivity index (χ1n) is 6.72. The van der Waals surface area contributed by atoms with Gasteiger partial charge in [0, 0.05) is 6.04 Å². The van der Waals surface area contributed by atoms with Crippen LogP contribution in [-0.4, -0.2) is 45.1 Å². The standard InChI is InChI=1S/C14H19NO5S/c1-10(20-13-6-4-3-5-12(13)19-2)14(16)15-11-7-8-21(17,18)9-11/h3-6,10-11H,7-9H2,1-2H3,(H,15,16)/t10-,11-/m1/s1. The molecule has 0 radical (unpaired) electrons. The summed E-state index contributed by atoms with van der Waals surface area (Å²) in [6.07, 6.45) is -0.278. The third-order valence-electron chi connectivity index (χ3n) is 3.32. The van der Waals surface area contributed by atoms with Gasteiger partial charge in [0.2, 0.25) is 0 Å². The number of hydrogen-bond acceptors (Lipinski definition) is 5. The van der Waals surface area contributed by atoms with E-state index in [9.17, 15) is 13.2 Å². The lowest BCUT2D eigenvalue weighted by Gasteiger charge is -2.18. The summed E-state index contributed by atoms with van der Waals surface area (Å²) in [6.45, 7) is 1.62. The minimum atomic E-state index is -3.01. The van der Waals surface area contributed by atoms with Gasteiger partial charge in [-0.2, -0.15) is 0 Å². The number of amides is 1. The Labute approximate surface area is 124 Å². The number of carbonyl (C=O) groups excluding carboxylic acids is 1. The van der Waals surface area contributed by atoms with Gasteiger partial charge in [-0.15, -0.1) is 0 Å². The third-order valence-corrected chi connectivity index (χ3v) is 5.09. The van der Waals surface area contributed by atoms with Crippen LogP contribution in [-0.2, 0) is 14.6 Å². The summed E-state index contributed by atoms with van der Waals surface area (Å²) in [6, 6.07) is 6.71. The maximum atomic E-state index is 12.0. The Hall–Kier alpha value is -1.76. The van der Waals surface area contributed by atoms with Crippen LogP contribution >= 0.6 is 0 Å². The van der Waals surface area contributed by atoms with Crippen LogP contribution < -0.4 is 14.8 Å². The first kappa shape index (κ1) is 15.6.